The zero-order valence-corrected chi connectivity index (χ0v) is 16.5. The molecule has 0 aliphatic heterocycles. The van der Waals surface area contributed by atoms with Gasteiger partial charge in [0.1, 0.15) is 12.4 Å². The minimum atomic E-state index is 0.000591. The summed E-state index contributed by atoms with van der Waals surface area (Å²) in [4.78, 5) is 17.7. The maximum Gasteiger partial charge on any atom is 0.253 e. The zero-order chi connectivity index (χ0) is 19.6. The van der Waals surface area contributed by atoms with E-state index in [0.29, 0.717) is 31.2 Å². The van der Waals surface area contributed by atoms with Gasteiger partial charge in [0.2, 0.25) is 0 Å². The van der Waals surface area contributed by atoms with Crippen molar-refractivity contribution in [2.24, 2.45) is 4.99 Å². The molecule has 2 rings (SSSR count). The molecule has 0 heterocycles. The highest BCUT2D eigenvalue weighted by atomic mass is 16.5. The summed E-state index contributed by atoms with van der Waals surface area (Å²) in [6, 6.07) is 15.5. The van der Waals surface area contributed by atoms with Gasteiger partial charge in [0.15, 0.2) is 5.96 Å². The zero-order valence-electron chi connectivity index (χ0n) is 16.5. The summed E-state index contributed by atoms with van der Waals surface area (Å²) in [6.07, 6.45) is 0. The van der Waals surface area contributed by atoms with Gasteiger partial charge in [0, 0.05) is 33.3 Å². The number of carbonyl (C=O) groups excluding carboxylic acids is 1. The van der Waals surface area contributed by atoms with Crippen LogP contribution >= 0.6 is 0 Å². The highest BCUT2D eigenvalue weighted by Crippen LogP contribution is 2.15. The third-order valence-corrected chi connectivity index (χ3v) is 4.04. The Hall–Kier alpha value is -3.02. The monoisotopic (exact) mass is 368 g/mol. The Balaban J connectivity index is 1.75. The van der Waals surface area contributed by atoms with E-state index in [1.54, 1.807) is 26.0 Å². The Morgan fingerprint density at radius 2 is 1.78 bits per heavy atom. The molecule has 2 N–H and O–H groups in total. The van der Waals surface area contributed by atoms with Crippen LogP contribution in [0, 0.1) is 6.92 Å². The molecule has 0 bridgehead atoms. The molecular formula is C21H28N4O2. The van der Waals surface area contributed by atoms with Gasteiger partial charge in [-0.3, -0.25) is 9.79 Å². The summed E-state index contributed by atoms with van der Waals surface area (Å²) in [6.45, 7) is 3.84. The average Bonchev–Trinajstić information content (AvgIpc) is 2.68. The van der Waals surface area contributed by atoms with Crippen LogP contribution < -0.4 is 15.4 Å². The topological polar surface area (TPSA) is 66.0 Å². The fourth-order valence-electron chi connectivity index (χ4n) is 2.48. The van der Waals surface area contributed by atoms with E-state index in [4.69, 9.17) is 4.74 Å². The van der Waals surface area contributed by atoms with E-state index in [1.807, 2.05) is 55.5 Å². The fraction of sp³-hybridized carbons (Fsp3) is 0.333. The second-order valence-electron chi connectivity index (χ2n) is 6.36. The molecule has 6 heteroatoms. The molecule has 144 valence electrons. The maximum absolute atomic E-state index is 11.9. The van der Waals surface area contributed by atoms with Gasteiger partial charge < -0.3 is 20.3 Å². The van der Waals surface area contributed by atoms with Crippen LogP contribution in [0.3, 0.4) is 0 Å². The molecule has 2 aromatic rings. The standard InChI is InChI=1S/C21H28N4O2/c1-16-7-5-6-8-19(16)27-14-13-23-21(22-2)24-15-17-9-11-18(12-10-17)20(26)25(3)4/h5-12H,13-15H2,1-4H3,(H2,22,23,24). The first kappa shape index (κ1) is 20.3. The molecule has 27 heavy (non-hydrogen) atoms. The summed E-state index contributed by atoms with van der Waals surface area (Å²) < 4.78 is 5.77. The number of nitrogens with zero attached hydrogens (tertiary/aromatic N) is 2. The third kappa shape index (κ3) is 6.33. The number of aliphatic imine (C=N–C) groups is 1. The van der Waals surface area contributed by atoms with Crippen molar-refractivity contribution < 1.29 is 9.53 Å². The first-order valence-corrected chi connectivity index (χ1v) is 8.95. The van der Waals surface area contributed by atoms with Gasteiger partial charge in [-0.05, 0) is 36.2 Å². The molecule has 0 spiro atoms. The number of hydrogen-bond acceptors (Lipinski definition) is 3. The van der Waals surface area contributed by atoms with Crippen LogP contribution in [0.4, 0.5) is 0 Å². The van der Waals surface area contributed by atoms with Gasteiger partial charge in [-0.15, -0.1) is 0 Å². The lowest BCUT2D eigenvalue weighted by molar-refractivity contribution is 0.0827. The Labute approximate surface area is 161 Å². The van der Waals surface area contributed by atoms with E-state index in [2.05, 4.69) is 15.6 Å². The smallest absolute Gasteiger partial charge is 0.253 e. The number of guanidine groups is 1. The lowest BCUT2D eigenvalue weighted by atomic mass is 10.1. The summed E-state index contributed by atoms with van der Waals surface area (Å²) >= 11 is 0. The molecule has 0 aliphatic rings. The molecule has 0 fully saturated rings. The van der Waals surface area contributed by atoms with Crippen LogP contribution in [0.2, 0.25) is 0 Å². The number of amides is 1. The minimum absolute atomic E-state index is 0.000591. The Morgan fingerprint density at radius 1 is 1.07 bits per heavy atom. The van der Waals surface area contributed by atoms with Crippen molar-refractivity contribution in [3.05, 3.63) is 65.2 Å². The van der Waals surface area contributed by atoms with Crippen molar-refractivity contribution in [1.82, 2.24) is 15.5 Å². The van der Waals surface area contributed by atoms with E-state index >= 15 is 0 Å². The highest BCUT2D eigenvalue weighted by Gasteiger charge is 2.07. The number of aryl methyl sites for hydroxylation is 1. The van der Waals surface area contributed by atoms with Crippen molar-refractivity contribution >= 4 is 11.9 Å². The van der Waals surface area contributed by atoms with Gasteiger partial charge in [-0.25, -0.2) is 0 Å². The molecule has 0 saturated heterocycles. The van der Waals surface area contributed by atoms with Crippen molar-refractivity contribution in [1.29, 1.82) is 0 Å². The Bertz CT molecular complexity index is 770. The quantitative estimate of drug-likeness (QED) is 0.448. The number of carbonyl (C=O) groups is 1. The normalized spacial score (nSPS) is 11.0. The summed E-state index contributed by atoms with van der Waals surface area (Å²) in [7, 11) is 5.23. The van der Waals surface area contributed by atoms with Gasteiger partial charge in [0.05, 0.1) is 6.54 Å². The SMILES string of the molecule is CN=C(NCCOc1ccccc1C)NCc1ccc(C(=O)N(C)C)cc1. The summed E-state index contributed by atoms with van der Waals surface area (Å²) in [5.41, 5.74) is 2.88. The van der Waals surface area contributed by atoms with Crippen LogP contribution in [0.25, 0.3) is 0 Å². The molecule has 1 amide bonds. The summed E-state index contributed by atoms with van der Waals surface area (Å²) in [5, 5.41) is 6.48. The van der Waals surface area contributed by atoms with E-state index in [0.717, 1.165) is 16.9 Å². The van der Waals surface area contributed by atoms with Crippen molar-refractivity contribution in [2.45, 2.75) is 13.5 Å². The van der Waals surface area contributed by atoms with Crippen molar-refractivity contribution in [3.63, 3.8) is 0 Å². The van der Waals surface area contributed by atoms with Crippen molar-refractivity contribution in [2.75, 3.05) is 34.3 Å². The molecule has 6 nitrogen and oxygen atoms in total. The molecule has 0 unspecified atom stereocenters. The molecule has 0 aromatic heterocycles. The number of para-hydroxylation sites is 1. The number of rotatable bonds is 7. The highest BCUT2D eigenvalue weighted by molar-refractivity contribution is 5.93. The number of benzene rings is 2. The second kappa shape index (κ2) is 10.2. The van der Waals surface area contributed by atoms with Crippen LogP contribution in [0.15, 0.2) is 53.5 Å². The molecule has 0 radical (unpaired) electrons. The van der Waals surface area contributed by atoms with E-state index in [-0.39, 0.29) is 5.91 Å². The first-order chi connectivity index (χ1) is 13.0. The average molecular weight is 368 g/mol. The van der Waals surface area contributed by atoms with Crippen molar-refractivity contribution in [3.8, 4) is 5.75 Å². The van der Waals surface area contributed by atoms with Gasteiger partial charge in [-0.2, -0.15) is 0 Å². The van der Waals surface area contributed by atoms with Crippen LogP contribution in [-0.2, 0) is 6.54 Å². The summed E-state index contributed by atoms with van der Waals surface area (Å²) in [5.74, 6) is 1.60. The van der Waals surface area contributed by atoms with E-state index in [9.17, 15) is 4.79 Å². The number of hydrogen-bond donors (Lipinski definition) is 2. The van der Waals surface area contributed by atoms with Crippen LogP contribution in [-0.4, -0.2) is 51.1 Å². The number of ether oxygens (including phenoxy) is 1. The Morgan fingerprint density at radius 3 is 2.41 bits per heavy atom. The van der Waals surface area contributed by atoms with Gasteiger partial charge in [-0.1, -0.05) is 30.3 Å². The fourth-order valence-corrected chi connectivity index (χ4v) is 2.48. The predicted octanol–water partition coefficient (Wildman–Crippen LogP) is 2.44. The van der Waals surface area contributed by atoms with Gasteiger partial charge >= 0.3 is 0 Å². The first-order valence-electron chi connectivity index (χ1n) is 8.95. The third-order valence-electron chi connectivity index (χ3n) is 4.04. The molecule has 0 atom stereocenters. The molecule has 0 aliphatic carbocycles. The minimum Gasteiger partial charge on any atom is -0.491 e. The number of nitrogens with one attached hydrogen (secondary N) is 2. The van der Waals surface area contributed by atoms with E-state index in [1.165, 1.54) is 0 Å². The molecule has 2 aromatic carbocycles. The van der Waals surface area contributed by atoms with Crippen LogP contribution in [0.1, 0.15) is 21.5 Å². The van der Waals surface area contributed by atoms with Crippen LogP contribution in [0.5, 0.6) is 5.75 Å². The van der Waals surface area contributed by atoms with E-state index < -0.39 is 0 Å². The predicted molar refractivity (Wildman–Crippen MR) is 109 cm³/mol. The Kier molecular flexibility index (Phi) is 7.67. The largest absolute Gasteiger partial charge is 0.491 e. The second-order valence-corrected chi connectivity index (χ2v) is 6.36. The lowest BCUT2D eigenvalue weighted by Crippen LogP contribution is -2.38. The maximum atomic E-state index is 11.9. The molecular weight excluding hydrogens is 340 g/mol. The lowest BCUT2D eigenvalue weighted by Gasteiger charge is -2.14. The van der Waals surface area contributed by atoms with Gasteiger partial charge in [0.25, 0.3) is 5.91 Å². The molecule has 0 saturated carbocycles.